The van der Waals surface area contributed by atoms with Crippen molar-refractivity contribution < 1.29 is 18.0 Å². The van der Waals surface area contributed by atoms with E-state index in [1.165, 1.54) is 11.8 Å². The van der Waals surface area contributed by atoms with E-state index in [0.717, 1.165) is 0 Å². The lowest BCUT2D eigenvalue weighted by molar-refractivity contribution is -0.116. The molecule has 2 heterocycles. The second-order valence-corrected chi connectivity index (χ2v) is 5.86. The number of nitrogens with one attached hydrogen (secondary N) is 3. The summed E-state index contributed by atoms with van der Waals surface area (Å²) in [6.45, 7) is 0.240. The normalized spacial score (nSPS) is 11.4. The van der Waals surface area contributed by atoms with Crippen LogP contribution in [0.5, 0.6) is 0 Å². The minimum atomic E-state index is -4.37. The Morgan fingerprint density at radius 3 is 2.74 bits per heavy atom. The molecule has 2 aromatic heterocycles. The molecule has 0 aliphatic heterocycles. The Hall–Kier alpha value is -3.30. The fraction of sp³-hybridized carbons (Fsp3) is 0.235. The zero-order chi connectivity index (χ0) is 19.6. The van der Waals surface area contributed by atoms with Gasteiger partial charge >= 0.3 is 6.18 Å². The van der Waals surface area contributed by atoms with Gasteiger partial charge in [-0.1, -0.05) is 6.07 Å². The Kier molecular flexibility index (Phi) is 4.89. The smallest absolute Gasteiger partial charge is 0.360 e. The van der Waals surface area contributed by atoms with Gasteiger partial charge < -0.3 is 20.5 Å². The maximum atomic E-state index is 12.5. The van der Waals surface area contributed by atoms with E-state index in [0.29, 0.717) is 22.4 Å². The van der Waals surface area contributed by atoms with Gasteiger partial charge in [0.25, 0.3) is 0 Å². The zero-order valence-electron chi connectivity index (χ0n) is 14.6. The molecule has 0 radical (unpaired) electrons. The second kappa shape index (κ2) is 7.14. The molecule has 7 nitrogen and oxygen atoms in total. The number of carbonyl (C=O) groups excluding carboxylic acids is 1. The molecule has 0 atom stereocenters. The molecule has 0 aliphatic carbocycles. The van der Waals surface area contributed by atoms with Crippen molar-refractivity contribution in [2.24, 2.45) is 0 Å². The minimum Gasteiger partial charge on any atom is -0.360 e. The highest BCUT2D eigenvalue weighted by Gasteiger charge is 2.27. The molecule has 3 rings (SSSR count). The highest BCUT2D eigenvalue weighted by Crippen LogP contribution is 2.26. The molecule has 0 fully saturated rings. The van der Waals surface area contributed by atoms with Gasteiger partial charge in [-0.05, 0) is 24.3 Å². The third-order valence-electron chi connectivity index (χ3n) is 3.83. The Morgan fingerprint density at radius 1 is 1.26 bits per heavy atom. The number of anilines is 4. The van der Waals surface area contributed by atoms with Crippen molar-refractivity contribution in [1.82, 2.24) is 15.0 Å². The summed E-state index contributed by atoms with van der Waals surface area (Å²) < 4.78 is 37.6. The van der Waals surface area contributed by atoms with Gasteiger partial charge in [0.05, 0.1) is 5.39 Å². The first-order valence-corrected chi connectivity index (χ1v) is 8.00. The van der Waals surface area contributed by atoms with E-state index in [-0.39, 0.29) is 17.7 Å². The van der Waals surface area contributed by atoms with Crippen LogP contribution in [0.4, 0.5) is 36.3 Å². The van der Waals surface area contributed by atoms with Crippen LogP contribution in [0.15, 0.2) is 36.5 Å². The summed E-state index contributed by atoms with van der Waals surface area (Å²) >= 11 is 0. The summed E-state index contributed by atoms with van der Waals surface area (Å²) in [7, 11) is 1.64. The number of rotatable bonds is 5. The van der Waals surface area contributed by atoms with Gasteiger partial charge in [0.15, 0.2) is 0 Å². The molecule has 0 saturated carbocycles. The van der Waals surface area contributed by atoms with E-state index in [9.17, 15) is 18.0 Å². The maximum absolute atomic E-state index is 12.5. The van der Waals surface area contributed by atoms with Crippen LogP contribution in [-0.2, 0) is 4.79 Å². The number of aromatic nitrogens is 3. The summed E-state index contributed by atoms with van der Waals surface area (Å²) in [6, 6.07) is 8.56. The van der Waals surface area contributed by atoms with Crippen molar-refractivity contribution in [3.63, 3.8) is 0 Å². The van der Waals surface area contributed by atoms with Crippen LogP contribution in [0.2, 0.25) is 0 Å². The van der Waals surface area contributed by atoms with Crippen LogP contribution in [0.3, 0.4) is 0 Å². The van der Waals surface area contributed by atoms with E-state index in [2.05, 4.69) is 25.6 Å². The Balaban J connectivity index is 1.89. The summed E-state index contributed by atoms with van der Waals surface area (Å²) in [5.41, 5.74) is 1.64. The monoisotopic (exact) mass is 378 g/mol. The second-order valence-electron chi connectivity index (χ2n) is 5.86. The van der Waals surface area contributed by atoms with Crippen LogP contribution in [-0.4, -0.2) is 40.6 Å². The number of hydrogen-bond acceptors (Lipinski definition) is 5. The molecule has 10 heteroatoms. The van der Waals surface area contributed by atoms with Crippen LogP contribution in [0.1, 0.15) is 6.92 Å². The van der Waals surface area contributed by atoms with Crippen LogP contribution in [0.25, 0.3) is 11.0 Å². The lowest BCUT2D eigenvalue weighted by Gasteiger charge is -2.16. The first kappa shape index (κ1) is 18.5. The fourth-order valence-electron chi connectivity index (χ4n) is 2.42. The topological polar surface area (TPSA) is 85.9 Å². The SMILES string of the molecule is CC(=O)N(C)c1cccc(Nc2nc(NCC(F)(F)F)c3cc[nH]c3n2)c1. The minimum absolute atomic E-state index is 0.0677. The van der Waals surface area contributed by atoms with Crippen LogP contribution >= 0.6 is 0 Å². The number of nitrogens with zero attached hydrogens (tertiary/aromatic N) is 3. The molecule has 3 aromatic rings. The van der Waals surface area contributed by atoms with Crippen molar-refractivity contribution in [2.45, 2.75) is 13.1 Å². The number of aromatic amines is 1. The third kappa shape index (κ3) is 4.46. The first-order chi connectivity index (χ1) is 12.7. The summed E-state index contributed by atoms with van der Waals surface area (Å²) in [6.07, 6.45) is -2.79. The van der Waals surface area contributed by atoms with E-state index < -0.39 is 12.7 Å². The van der Waals surface area contributed by atoms with E-state index in [1.807, 2.05) is 0 Å². The van der Waals surface area contributed by atoms with E-state index >= 15 is 0 Å². The molecule has 0 saturated heterocycles. The average Bonchev–Trinajstić information content (AvgIpc) is 3.07. The van der Waals surface area contributed by atoms with Gasteiger partial charge in [-0.15, -0.1) is 0 Å². The molecule has 1 amide bonds. The van der Waals surface area contributed by atoms with Gasteiger partial charge in [-0.25, -0.2) is 0 Å². The number of benzene rings is 1. The van der Waals surface area contributed by atoms with Crippen molar-refractivity contribution in [3.05, 3.63) is 36.5 Å². The predicted octanol–water partition coefficient (Wildman–Crippen LogP) is 3.66. The highest BCUT2D eigenvalue weighted by molar-refractivity contribution is 5.91. The number of amides is 1. The fourth-order valence-corrected chi connectivity index (χ4v) is 2.42. The molecule has 0 unspecified atom stereocenters. The highest BCUT2D eigenvalue weighted by atomic mass is 19.4. The van der Waals surface area contributed by atoms with Gasteiger partial charge in [-0.3, -0.25) is 4.79 Å². The summed E-state index contributed by atoms with van der Waals surface area (Å²) in [4.78, 5) is 24.2. The molecule has 3 N–H and O–H groups in total. The molecule has 0 aliphatic rings. The lowest BCUT2D eigenvalue weighted by Crippen LogP contribution is -2.22. The number of alkyl halides is 3. The van der Waals surface area contributed by atoms with E-state index in [4.69, 9.17) is 0 Å². The Bertz CT molecular complexity index is 969. The molecule has 0 bridgehead atoms. The number of halogens is 3. The van der Waals surface area contributed by atoms with Gasteiger partial charge in [0.1, 0.15) is 18.0 Å². The number of carbonyl (C=O) groups is 1. The zero-order valence-corrected chi connectivity index (χ0v) is 14.6. The predicted molar refractivity (Wildman–Crippen MR) is 97.2 cm³/mol. The van der Waals surface area contributed by atoms with Crippen molar-refractivity contribution in [3.8, 4) is 0 Å². The van der Waals surface area contributed by atoms with Crippen LogP contribution < -0.4 is 15.5 Å². The maximum Gasteiger partial charge on any atom is 0.405 e. The van der Waals surface area contributed by atoms with Gasteiger partial charge in [0, 0.05) is 31.5 Å². The molecule has 1 aromatic carbocycles. The third-order valence-corrected chi connectivity index (χ3v) is 3.83. The van der Waals surface area contributed by atoms with Crippen molar-refractivity contribution >= 4 is 40.1 Å². The number of hydrogen-bond donors (Lipinski definition) is 3. The van der Waals surface area contributed by atoms with Gasteiger partial charge in [0.2, 0.25) is 11.9 Å². The Morgan fingerprint density at radius 2 is 2.04 bits per heavy atom. The standard InChI is InChI=1S/C17H17F3N6O/c1-10(27)26(2)12-5-3-4-11(8-12)23-16-24-14-13(6-7-21-14)15(25-16)22-9-17(18,19)20/h3-8H,9H2,1-2H3,(H3,21,22,23,24,25). The lowest BCUT2D eigenvalue weighted by atomic mass is 10.2. The molecular weight excluding hydrogens is 361 g/mol. The van der Waals surface area contributed by atoms with Gasteiger partial charge in [-0.2, -0.15) is 23.1 Å². The number of H-pyrrole nitrogens is 1. The summed E-state index contributed by atoms with van der Waals surface area (Å²) in [5, 5.41) is 5.71. The molecule has 27 heavy (non-hydrogen) atoms. The quantitative estimate of drug-likeness (QED) is 0.631. The molecule has 142 valence electrons. The average molecular weight is 378 g/mol. The van der Waals surface area contributed by atoms with Crippen molar-refractivity contribution in [2.75, 3.05) is 29.1 Å². The Labute approximate surface area is 152 Å². The van der Waals surface area contributed by atoms with Crippen LogP contribution in [0, 0.1) is 0 Å². The molecular formula is C17H17F3N6O. The molecule has 0 spiro atoms. The summed E-state index contributed by atoms with van der Waals surface area (Å²) in [5.74, 6) is 0.0604. The van der Waals surface area contributed by atoms with E-state index in [1.54, 1.807) is 43.6 Å². The van der Waals surface area contributed by atoms with Crippen molar-refractivity contribution in [1.29, 1.82) is 0 Å². The number of fused-ring (bicyclic) bond motifs is 1. The first-order valence-electron chi connectivity index (χ1n) is 8.00. The largest absolute Gasteiger partial charge is 0.405 e.